The Morgan fingerprint density at radius 3 is 2.46 bits per heavy atom. The van der Waals surface area contributed by atoms with Crippen LogP contribution in [-0.4, -0.2) is 37.4 Å². The molecule has 0 aromatic heterocycles. The minimum atomic E-state index is -0.664. The molecule has 0 aliphatic heterocycles. The molecule has 2 atom stereocenters. The molecule has 0 bridgehead atoms. The molecule has 0 heterocycles. The van der Waals surface area contributed by atoms with E-state index < -0.39 is 12.1 Å². The summed E-state index contributed by atoms with van der Waals surface area (Å²) in [6, 6.07) is 10.7. The van der Waals surface area contributed by atoms with E-state index in [0.717, 1.165) is 11.1 Å². The number of halogens is 3. The highest BCUT2D eigenvalue weighted by Crippen LogP contribution is 2.34. The van der Waals surface area contributed by atoms with E-state index in [-0.39, 0.29) is 18.4 Å². The van der Waals surface area contributed by atoms with E-state index in [1.54, 1.807) is 30.3 Å². The molecule has 0 aliphatic carbocycles. The van der Waals surface area contributed by atoms with Crippen molar-refractivity contribution in [3.63, 3.8) is 0 Å². The van der Waals surface area contributed by atoms with Crippen LogP contribution in [0.4, 0.5) is 0 Å². The Bertz CT molecular complexity index is 793. The third kappa shape index (κ3) is 6.83. The third-order valence-corrected chi connectivity index (χ3v) is 4.85. The van der Waals surface area contributed by atoms with Crippen molar-refractivity contribution in [1.82, 2.24) is 5.32 Å². The van der Waals surface area contributed by atoms with Crippen LogP contribution in [-0.2, 0) is 16.0 Å². The average Bonchev–Trinajstić information content (AvgIpc) is 2.65. The number of methoxy groups -OCH3 is 1. The first kappa shape index (κ1) is 22.8. The van der Waals surface area contributed by atoms with Crippen LogP contribution in [0, 0.1) is 0 Å². The molecule has 0 fully saturated rings. The first-order chi connectivity index (χ1) is 13.3. The van der Waals surface area contributed by atoms with Crippen molar-refractivity contribution in [2.45, 2.75) is 25.5 Å². The number of ether oxygens (including phenoxy) is 2. The standard InChI is InChI=1S/C20H22Cl3NO4/c1-12(24-10-18(25)14-4-3-5-15(21)9-14)6-13-7-16(22)20(17(23)8-13)28-11-19(26)27-2/h3-5,7-9,12,18,24-25H,6,10-11H2,1-2H3. The first-order valence-corrected chi connectivity index (χ1v) is 9.78. The fourth-order valence-electron chi connectivity index (χ4n) is 2.63. The van der Waals surface area contributed by atoms with Gasteiger partial charge < -0.3 is 19.9 Å². The van der Waals surface area contributed by atoms with Gasteiger partial charge in [-0.25, -0.2) is 4.79 Å². The van der Waals surface area contributed by atoms with Gasteiger partial charge in [0.2, 0.25) is 0 Å². The van der Waals surface area contributed by atoms with E-state index in [0.29, 0.717) is 28.0 Å². The van der Waals surface area contributed by atoms with Crippen molar-refractivity contribution in [2.24, 2.45) is 0 Å². The number of aliphatic hydroxyl groups is 1. The highest BCUT2D eigenvalue weighted by Gasteiger charge is 2.15. The Balaban J connectivity index is 1.92. The molecule has 0 spiro atoms. The number of benzene rings is 2. The lowest BCUT2D eigenvalue weighted by Gasteiger charge is -2.18. The van der Waals surface area contributed by atoms with Gasteiger partial charge in [0.1, 0.15) is 0 Å². The molecule has 0 amide bonds. The zero-order valence-corrected chi connectivity index (χ0v) is 17.8. The number of aliphatic hydroxyl groups excluding tert-OH is 1. The second kappa shape index (κ2) is 10.9. The molecule has 0 aliphatic rings. The third-order valence-electron chi connectivity index (χ3n) is 4.06. The van der Waals surface area contributed by atoms with Crippen LogP contribution in [0.5, 0.6) is 5.75 Å². The number of hydrogen-bond donors (Lipinski definition) is 2. The molecule has 2 unspecified atom stereocenters. The summed E-state index contributed by atoms with van der Waals surface area (Å²) in [5.74, 6) is -0.276. The summed E-state index contributed by atoms with van der Waals surface area (Å²) < 4.78 is 9.85. The molecule has 0 saturated heterocycles. The zero-order valence-electron chi connectivity index (χ0n) is 15.5. The van der Waals surface area contributed by atoms with Crippen molar-refractivity contribution in [3.05, 3.63) is 62.6 Å². The normalized spacial score (nSPS) is 13.1. The minimum absolute atomic E-state index is 0.0582. The number of carbonyl (C=O) groups excluding carboxylic acids is 1. The maximum Gasteiger partial charge on any atom is 0.343 e. The maximum atomic E-state index is 11.2. The summed E-state index contributed by atoms with van der Waals surface area (Å²) in [7, 11) is 1.27. The summed E-state index contributed by atoms with van der Waals surface area (Å²) in [5, 5.41) is 14.8. The number of nitrogens with one attached hydrogen (secondary N) is 1. The minimum Gasteiger partial charge on any atom is -0.479 e. The van der Waals surface area contributed by atoms with Crippen LogP contribution < -0.4 is 10.1 Å². The second-order valence-corrected chi connectivity index (χ2v) is 7.59. The molecule has 2 aromatic rings. The van der Waals surface area contributed by atoms with Crippen LogP contribution in [0.2, 0.25) is 15.1 Å². The Morgan fingerprint density at radius 1 is 1.18 bits per heavy atom. The van der Waals surface area contributed by atoms with Gasteiger partial charge in [-0.15, -0.1) is 0 Å². The fourth-order valence-corrected chi connectivity index (χ4v) is 3.47. The Labute approximate surface area is 179 Å². The van der Waals surface area contributed by atoms with Crippen LogP contribution in [0.15, 0.2) is 36.4 Å². The van der Waals surface area contributed by atoms with E-state index in [1.165, 1.54) is 7.11 Å². The molecule has 5 nitrogen and oxygen atoms in total. The summed E-state index contributed by atoms with van der Waals surface area (Å²) in [5.41, 5.74) is 1.66. The van der Waals surface area contributed by atoms with Crippen molar-refractivity contribution < 1.29 is 19.4 Å². The van der Waals surface area contributed by atoms with E-state index >= 15 is 0 Å². The topological polar surface area (TPSA) is 67.8 Å². The predicted molar refractivity (Wildman–Crippen MR) is 112 cm³/mol. The first-order valence-electron chi connectivity index (χ1n) is 8.64. The van der Waals surface area contributed by atoms with Crippen LogP contribution in [0.25, 0.3) is 0 Å². The van der Waals surface area contributed by atoms with Gasteiger partial charge >= 0.3 is 5.97 Å². The molecular weight excluding hydrogens is 425 g/mol. The van der Waals surface area contributed by atoms with Gasteiger partial charge in [0.05, 0.1) is 23.3 Å². The molecule has 2 N–H and O–H groups in total. The highest BCUT2D eigenvalue weighted by molar-refractivity contribution is 6.37. The number of hydrogen-bond acceptors (Lipinski definition) is 5. The molecule has 2 rings (SSSR count). The summed E-state index contributed by atoms with van der Waals surface area (Å²) >= 11 is 18.4. The van der Waals surface area contributed by atoms with Crippen molar-refractivity contribution in [3.8, 4) is 5.75 Å². The smallest absolute Gasteiger partial charge is 0.343 e. The van der Waals surface area contributed by atoms with Crippen LogP contribution >= 0.6 is 34.8 Å². The van der Waals surface area contributed by atoms with Gasteiger partial charge in [-0.1, -0.05) is 46.9 Å². The van der Waals surface area contributed by atoms with Crippen LogP contribution in [0.3, 0.4) is 0 Å². The summed E-state index contributed by atoms with van der Waals surface area (Å²) in [6.07, 6.45) is -0.0265. The largest absolute Gasteiger partial charge is 0.479 e. The van der Waals surface area contributed by atoms with Gasteiger partial charge in [-0.3, -0.25) is 0 Å². The van der Waals surface area contributed by atoms with E-state index in [4.69, 9.17) is 39.5 Å². The van der Waals surface area contributed by atoms with E-state index in [1.807, 2.05) is 13.0 Å². The summed E-state index contributed by atoms with van der Waals surface area (Å²) in [6.45, 7) is 2.10. The molecule has 0 radical (unpaired) electrons. The SMILES string of the molecule is COC(=O)COc1c(Cl)cc(CC(C)NCC(O)c2cccc(Cl)c2)cc1Cl. The monoisotopic (exact) mass is 445 g/mol. The molecule has 0 saturated carbocycles. The average molecular weight is 447 g/mol. The van der Waals surface area contributed by atoms with Gasteiger partial charge in [-0.05, 0) is 48.7 Å². The van der Waals surface area contributed by atoms with Crippen molar-refractivity contribution in [1.29, 1.82) is 0 Å². The van der Waals surface area contributed by atoms with Crippen molar-refractivity contribution in [2.75, 3.05) is 20.3 Å². The second-order valence-electron chi connectivity index (χ2n) is 6.34. The van der Waals surface area contributed by atoms with E-state index in [9.17, 15) is 9.90 Å². The molecule has 28 heavy (non-hydrogen) atoms. The summed E-state index contributed by atoms with van der Waals surface area (Å²) in [4.78, 5) is 11.2. The quantitative estimate of drug-likeness (QED) is 0.557. The number of esters is 1. The fraction of sp³-hybridized carbons (Fsp3) is 0.350. The lowest BCUT2D eigenvalue weighted by atomic mass is 10.1. The lowest BCUT2D eigenvalue weighted by molar-refractivity contribution is -0.142. The molecule has 8 heteroatoms. The number of carbonyl (C=O) groups is 1. The molecular formula is C20H22Cl3NO4. The Kier molecular flexibility index (Phi) is 8.86. The van der Waals surface area contributed by atoms with Gasteiger partial charge in [0.25, 0.3) is 0 Å². The van der Waals surface area contributed by atoms with Gasteiger partial charge in [0.15, 0.2) is 12.4 Å². The lowest BCUT2D eigenvalue weighted by Crippen LogP contribution is -2.32. The Morgan fingerprint density at radius 2 is 1.86 bits per heavy atom. The molecule has 2 aromatic carbocycles. The number of rotatable bonds is 9. The van der Waals surface area contributed by atoms with E-state index in [2.05, 4.69) is 10.1 Å². The van der Waals surface area contributed by atoms with Crippen LogP contribution in [0.1, 0.15) is 24.2 Å². The predicted octanol–water partition coefficient (Wildman–Crippen LogP) is 4.45. The Hall–Kier alpha value is -1.50. The van der Waals surface area contributed by atoms with Gasteiger partial charge in [-0.2, -0.15) is 0 Å². The van der Waals surface area contributed by atoms with Gasteiger partial charge in [0, 0.05) is 17.6 Å². The highest BCUT2D eigenvalue weighted by atomic mass is 35.5. The maximum absolute atomic E-state index is 11.2. The zero-order chi connectivity index (χ0) is 20.7. The van der Waals surface area contributed by atoms with Crippen molar-refractivity contribution >= 4 is 40.8 Å². The molecule has 152 valence electrons.